The van der Waals surface area contributed by atoms with E-state index in [-0.39, 0.29) is 19.2 Å². The first-order valence-electron chi connectivity index (χ1n) is 6.39. The van der Waals surface area contributed by atoms with Crippen molar-refractivity contribution in [1.82, 2.24) is 9.80 Å². The predicted molar refractivity (Wildman–Crippen MR) is 67.9 cm³/mol. The number of urea groups is 1. The second kappa shape index (κ2) is 7.30. The van der Waals surface area contributed by atoms with Crippen LogP contribution < -0.4 is 0 Å². The van der Waals surface area contributed by atoms with Gasteiger partial charge in [0, 0.05) is 20.7 Å². The number of carbonyl (C=O) groups excluding carboxylic acids is 1. The Morgan fingerprint density at radius 1 is 1.47 bits per heavy atom. The Morgan fingerprint density at radius 2 is 2.16 bits per heavy atom. The predicted octanol–water partition coefficient (Wildman–Crippen LogP) is -0.0154. The average Bonchev–Trinajstić information content (AvgIpc) is 2.37. The van der Waals surface area contributed by atoms with Crippen molar-refractivity contribution in [3.8, 4) is 0 Å². The summed E-state index contributed by atoms with van der Waals surface area (Å²) < 4.78 is 4.79. The Balaban J connectivity index is 2.60. The standard InChI is InChI=1S/C12H22N2O5/c1-13(7-9(15)8-19-2)12(18)14-6-4-3-5-10(14)11(16)17/h9-10,15H,3-8H2,1-2H3,(H,16,17). The lowest BCUT2D eigenvalue weighted by Gasteiger charge is -2.36. The summed E-state index contributed by atoms with van der Waals surface area (Å²) in [5, 5.41) is 18.7. The highest BCUT2D eigenvalue weighted by molar-refractivity contribution is 5.82. The van der Waals surface area contributed by atoms with E-state index < -0.39 is 18.1 Å². The van der Waals surface area contributed by atoms with Gasteiger partial charge < -0.3 is 24.7 Å². The molecule has 2 amide bonds. The highest BCUT2D eigenvalue weighted by atomic mass is 16.5. The van der Waals surface area contributed by atoms with Gasteiger partial charge in [0.05, 0.1) is 19.3 Å². The summed E-state index contributed by atoms with van der Waals surface area (Å²) in [5.41, 5.74) is 0. The van der Waals surface area contributed by atoms with E-state index in [1.54, 1.807) is 7.05 Å². The normalized spacial score (nSPS) is 21.0. The topological polar surface area (TPSA) is 90.3 Å². The van der Waals surface area contributed by atoms with E-state index in [2.05, 4.69) is 0 Å². The summed E-state index contributed by atoms with van der Waals surface area (Å²) in [5.74, 6) is -0.973. The van der Waals surface area contributed by atoms with Gasteiger partial charge in [0.2, 0.25) is 0 Å². The number of aliphatic carboxylic acids is 1. The third kappa shape index (κ3) is 4.36. The third-order valence-electron chi connectivity index (χ3n) is 3.20. The number of rotatable bonds is 5. The molecule has 2 N–H and O–H groups in total. The van der Waals surface area contributed by atoms with Crippen molar-refractivity contribution in [2.75, 3.05) is 33.9 Å². The number of aliphatic hydroxyl groups excluding tert-OH is 1. The minimum atomic E-state index is -0.973. The Bertz CT molecular complexity index is 323. The maximum atomic E-state index is 12.2. The molecular weight excluding hydrogens is 252 g/mol. The van der Waals surface area contributed by atoms with Crippen molar-refractivity contribution in [3.05, 3.63) is 0 Å². The minimum Gasteiger partial charge on any atom is -0.480 e. The number of hydrogen-bond donors (Lipinski definition) is 2. The lowest BCUT2D eigenvalue weighted by Crippen LogP contribution is -2.53. The maximum absolute atomic E-state index is 12.2. The summed E-state index contributed by atoms with van der Waals surface area (Å²) in [4.78, 5) is 26.0. The molecule has 2 atom stereocenters. The molecule has 0 aromatic carbocycles. The fraction of sp³-hybridized carbons (Fsp3) is 0.833. The molecule has 110 valence electrons. The van der Waals surface area contributed by atoms with Crippen molar-refractivity contribution in [2.24, 2.45) is 0 Å². The molecule has 7 nitrogen and oxygen atoms in total. The molecule has 1 aliphatic heterocycles. The molecule has 1 rings (SSSR count). The monoisotopic (exact) mass is 274 g/mol. The molecule has 19 heavy (non-hydrogen) atoms. The number of likely N-dealkylation sites (N-methyl/N-ethyl adjacent to an activating group) is 1. The van der Waals surface area contributed by atoms with E-state index in [9.17, 15) is 14.7 Å². The number of likely N-dealkylation sites (tertiary alicyclic amines) is 1. The van der Waals surface area contributed by atoms with Crippen LogP contribution in [-0.4, -0.2) is 78.0 Å². The molecule has 0 aromatic rings. The summed E-state index contributed by atoms with van der Waals surface area (Å²) in [6, 6.07) is -1.12. The summed E-state index contributed by atoms with van der Waals surface area (Å²) in [7, 11) is 3.02. The van der Waals surface area contributed by atoms with Crippen LogP contribution in [0.4, 0.5) is 4.79 Å². The number of carbonyl (C=O) groups is 2. The number of hydrogen-bond acceptors (Lipinski definition) is 4. The molecule has 0 aliphatic carbocycles. The van der Waals surface area contributed by atoms with Gasteiger partial charge in [-0.05, 0) is 19.3 Å². The van der Waals surface area contributed by atoms with Gasteiger partial charge in [-0.25, -0.2) is 9.59 Å². The van der Waals surface area contributed by atoms with Crippen LogP contribution in [0.5, 0.6) is 0 Å². The number of carboxylic acid groups (broad SMARTS) is 1. The smallest absolute Gasteiger partial charge is 0.326 e. The minimum absolute atomic E-state index is 0.121. The van der Waals surface area contributed by atoms with Crippen LogP contribution in [0.3, 0.4) is 0 Å². The van der Waals surface area contributed by atoms with Crippen molar-refractivity contribution in [1.29, 1.82) is 0 Å². The number of carboxylic acids is 1. The van der Waals surface area contributed by atoms with Crippen molar-refractivity contribution in [3.63, 3.8) is 0 Å². The van der Waals surface area contributed by atoms with E-state index in [0.717, 1.165) is 12.8 Å². The van der Waals surface area contributed by atoms with Gasteiger partial charge in [0.25, 0.3) is 0 Å². The third-order valence-corrected chi connectivity index (χ3v) is 3.20. The summed E-state index contributed by atoms with van der Waals surface area (Å²) >= 11 is 0. The van der Waals surface area contributed by atoms with E-state index in [1.165, 1.54) is 16.9 Å². The number of ether oxygens (including phenoxy) is 1. The van der Waals surface area contributed by atoms with Gasteiger partial charge in [0.15, 0.2) is 0 Å². The first-order valence-corrected chi connectivity index (χ1v) is 6.39. The molecule has 7 heteroatoms. The molecule has 2 unspecified atom stereocenters. The molecule has 1 heterocycles. The Labute approximate surface area is 112 Å². The second-order valence-corrected chi connectivity index (χ2v) is 4.82. The zero-order chi connectivity index (χ0) is 14.4. The molecular formula is C12H22N2O5. The van der Waals surface area contributed by atoms with Gasteiger partial charge in [-0.1, -0.05) is 0 Å². The maximum Gasteiger partial charge on any atom is 0.326 e. The van der Waals surface area contributed by atoms with Crippen LogP contribution in [-0.2, 0) is 9.53 Å². The molecule has 0 spiro atoms. The van der Waals surface area contributed by atoms with Gasteiger partial charge in [0.1, 0.15) is 6.04 Å². The number of aliphatic hydroxyl groups is 1. The van der Waals surface area contributed by atoms with Crippen LogP contribution in [0.2, 0.25) is 0 Å². The Hall–Kier alpha value is -1.34. The lowest BCUT2D eigenvalue weighted by molar-refractivity contribution is -0.143. The summed E-state index contributed by atoms with van der Waals surface area (Å²) in [6.45, 7) is 0.704. The van der Waals surface area contributed by atoms with Gasteiger partial charge in [-0.3, -0.25) is 0 Å². The molecule has 1 saturated heterocycles. The van der Waals surface area contributed by atoms with Crippen LogP contribution >= 0.6 is 0 Å². The number of nitrogens with zero attached hydrogens (tertiary/aromatic N) is 2. The van der Waals surface area contributed by atoms with Crippen molar-refractivity contribution in [2.45, 2.75) is 31.4 Å². The van der Waals surface area contributed by atoms with Crippen LogP contribution in [0.15, 0.2) is 0 Å². The van der Waals surface area contributed by atoms with Gasteiger partial charge >= 0.3 is 12.0 Å². The first kappa shape index (κ1) is 15.7. The lowest BCUT2D eigenvalue weighted by atomic mass is 10.0. The number of amides is 2. The molecule has 0 saturated carbocycles. The van der Waals surface area contributed by atoms with E-state index in [1.807, 2.05) is 0 Å². The molecule has 0 radical (unpaired) electrons. The quantitative estimate of drug-likeness (QED) is 0.735. The zero-order valence-electron chi connectivity index (χ0n) is 11.4. The SMILES string of the molecule is COCC(O)CN(C)C(=O)N1CCCCC1C(=O)O. The second-order valence-electron chi connectivity index (χ2n) is 4.82. The van der Waals surface area contributed by atoms with Crippen molar-refractivity contribution < 1.29 is 24.5 Å². The fourth-order valence-corrected chi connectivity index (χ4v) is 2.28. The Morgan fingerprint density at radius 3 is 2.74 bits per heavy atom. The first-order chi connectivity index (χ1) is 8.97. The molecule has 1 fully saturated rings. The number of piperidine rings is 1. The highest BCUT2D eigenvalue weighted by Gasteiger charge is 2.33. The van der Waals surface area contributed by atoms with Crippen molar-refractivity contribution >= 4 is 12.0 Å². The number of methoxy groups -OCH3 is 1. The molecule has 0 bridgehead atoms. The van der Waals surface area contributed by atoms with Crippen LogP contribution in [0, 0.1) is 0 Å². The average molecular weight is 274 g/mol. The van der Waals surface area contributed by atoms with Gasteiger partial charge in [-0.2, -0.15) is 0 Å². The molecule has 1 aliphatic rings. The zero-order valence-corrected chi connectivity index (χ0v) is 11.4. The summed E-state index contributed by atoms with van der Waals surface area (Å²) in [6.07, 6.45) is 1.34. The van der Waals surface area contributed by atoms with Crippen LogP contribution in [0.25, 0.3) is 0 Å². The van der Waals surface area contributed by atoms with E-state index in [4.69, 9.17) is 9.84 Å². The van der Waals surface area contributed by atoms with Crippen LogP contribution in [0.1, 0.15) is 19.3 Å². The van der Waals surface area contributed by atoms with E-state index in [0.29, 0.717) is 13.0 Å². The largest absolute Gasteiger partial charge is 0.480 e. The fourth-order valence-electron chi connectivity index (χ4n) is 2.28. The van der Waals surface area contributed by atoms with Gasteiger partial charge in [-0.15, -0.1) is 0 Å². The van der Waals surface area contributed by atoms with E-state index >= 15 is 0 Å². The highest BCUT2D eigenvalue weighted by Crippen LogP contribution is 2.18. The Kier molecular flexibility index (Phi) is 6.04. The molecule has 0 aromatic heterocycles.